The van der Waals surface area contributed by atoms with Gasteiger partial charge in [0.25, 0.3) is 5.56 Å². The van der Waals surface area contributed by atoms with E-state index in [4.69, 9.17) is 4.74 Å². The molecule has 0 bridgehead atoms. The van der Waals surface area contributed by atoms with Gasteiger partial charge < -0.3 is 4.74 Å². The monoisotopic (exact) mass is 465 g/mol. The van der Waals surface area contributed by atoms with Crippen LogP contribution in [0.25, 0.3) is 27.5 Å². The van der Waals surface area contributed by atoms with Crippen LogP contribution in [0.4, 0.5) is 0 Å². The molecular formula is C24H23N3O5S. The topological polar surface area (TPSA) is 100 Å². The summed E-state index contributed by atoms with van der Waals surface area (Å²) in [4.78, 5) is 32.0. The fourth-order valence-corrected chi connectivity index (χ4v) is 5.42. The zero-order valence-electron chi connectivity index (χ0n) is 18.3. The van der Waals surface area contributed by atoms with Crippen LogP contribution >= 0.6 is 0 Å². The van der Waals surface area contributed by atoms with Crippen LogP contribution in [0.15, 0.2) is 63.1 Å². The third kappa shape index (κ3) is 3.43. The number of rotatable bonds is 4. The van der Waals surface area contributed by atoms with Crippen LogP contribution in [0, 0.1) is 0 Å². The summed E-state index contributed by atoms with van der Waals surface area (Å²) in [6, 6.07) is 11.3. The van der Waals surface area contributed by atoms with Gasteiger partial charge in [0.05, 0.1) is 28.6 Å². The zero-order valence-corrected chi connectivity index (χ0v) is 19.1. The van der Waals surface area contributed by atoms with Gasteiger partial charge in [-0.15, -0.1) is 0 Å². The van der Waals surface area contributed by atoms with Gasteiger partial charge in [0.1, 0.15) is 11.3 Å². The van der Waals surface area contributed by atoms with Crippen LogP contribution in [-0.2, 0) is 9.84 Å². The van der Waals surface area contributed by atoms with Crippen LogP contribution in [0.5, 0.6) is 5.75 Å². The Balaban J connectivity index is 1.94. The van der Waals surface area contributed by atoms with Gasteiger partial charge in [0, 0.05) is 23.9 Å². The van der Waals surface area contributed by atoms with Gasteiger partial charge in [-0.1, -0.05) is 31.0 Å². The van der Waals surface area contributed by atoms with Crippen LogP contribution in [0.2, 0.25) is 0 Å². The van der Waals surface area contributed by atoms with Gasteiger partial charge in [0.2, 0.25) is 0 Å². The molecule has 0 atom stereocenters. The highest BCUT2D eigenvalue weighted by Gasteiger charge is 2.26. The van der Waals surface area contributed by atoms with E-state index in [2.05, 4.69) is 4.98 Å². The minimum Gasteiger partial charge on any atom is -0.494 e. The second kappa shape index (κ2) is 7.84. The van der Waals surface area contributed by atoms with E-state index in [9.17, 15) is 18.0 Å². The Morgan fingerprint density at radius 1 is 1.03 bits per heavy atom. The molecule has 9 heteroatoms. The lowest BCUT2D eigenvalue weighted by molar-refractivity contribution is 0.419. The van der Waals surface area contributed by atoms with Gasteiger partial charge >= 0.3 is 5.69 Å². The number of methoxy groups -OCH3 is 1. The number of fused-ring (bicyclic) bond motifs is 3. The summed E-state index contributed by atoms with van der Waals surface area (Å²) in [5.41, 5.74) is 0.311. The molecule has 5 rings (SSSR count). The number of ether oxygens (including phenoxy) is 1. The maximum Gasteiger partial charge on any atom is 0.336 e. The molecule has 0 N–H and O–H groups in total. The first-order valence-electron chi connectivity index (χ1n) is 10.7. The molecule has 33 heavy (non-hydrogen) atoms. The van der Waals surface area contributed by atoms with Crippen molar-refractivity contribution in [2.45, 2.75) is 36.6 Å². The van der Waals surface area contributed by atoms with Crippen molar-refractivity contribution < 1.29 is 13.2 Å². The summed E-state index contributed by atoms with van der Waals surface area (Å²) in [6.45, 7) is 0. The Morgan fingerprint density at radius 2 is 1.76 bits per heavy atom. The molecule has 0 unspecified atom stereocenters. The third-order valence-corrected chi connectivity index (χ3v) is 7.43. The van der Waals surface area contributed by atoms with Crippen molar-refractivity contribution in [2.75, 3.05) is 13.4 Å². The smallest absolute Gasteiger partial charge is 0.336 e. The maximum absolute atomic E-state index is 13.9. The first kappa shape index (κ1) is 21.4. The first-order chi connectivity index (χ1) is 15.8. The SMILES string of the molecule is COc1cccc2c1ncc1c(=O)n(-c3cccc(S(C)(=O)=O)c3)c(=O)n(C3CCCC3)c12. The largest absolute Gasteiger partial charge is 0.494 e. The molecular weight excluding hydrogens is 442 g/mol. The average Bonchev–Trinajstić information content (AvgIpc) is 3.32. The minimum absolute atomic E-state index is 0.0418. The van der Waals surface area contributed by atoms with Gasteiger partial charge in [-0.3, -0.25) is 14.3 Å². The number of sulfone groups is 1. The van der Waals surface area contributed by atoms with Crippen LogP contribution in [0.1, 0.15) is 31.7 Å². The van der Waals surface area contributed by atoms with E-state index >= 15 is 0 Å². The highest BCUT2D eigenvalue weighted by atomic mass is 32.2. The second-order valence-corrected chi connectivity index (χ2v) is 10.4. The Morgan fingerprint density at radius 3 is 2.45 bits per heavy atom. The quantitative estimate of drug-likeness (QED) is 0.429. The van der Waals surface area contributed by atoms with Gasteiger partial charge in [0.15, 0.2) is 9.84 Å². The van der Waals surface area contributed by atoms with E-state index in [1.165, 1.54) is 24.4 Å². The molecule has 0 amide bonds. The predicted molar refractivity (Wildman–Crippen MR) is 126 cm³/mol. The fourth-order valence-electron chi connectivity index (χ4n) is 4.76. The van der Waals surface area contributed by atoms with Crippen LogP contribution in [-0.4, -0.2) is 35.9 Å². The summed E-state index contributed by atoms with van der Waals surface area (Å²) < 4.78 is 32.4. The van der Waals surface area contributed by atoms with Crippen molar-refractivity contribution in [1.29, 1.82) is 0 Å². The van der Waals surface area contributed by atoms with Gasteiger partial charge in [-0.25, -0.2) is 17.8 Å². The molecule has 4 aromatic rings. The standard InChI is InChI=1S/C24H23N3O5S/c1-32-20-12-6-11-18-21(20)25-14-19-22(18)26(15-7-3-4-8-15)24(29)27(23(19)28)16-9-5-10-17(13-16)33(2,30)31/h5-6,9-15H,3-4,7-8H2,1-2H3. The number of benzene rings is 2. The minimum atomic E-state index is -3.51. The molecule has 8 nitrogen and oxygen atoms in total. The summed E-state index contributed by atoms with van der Waals surface area (Å²) in [5.74, 6) is 0.560. The van der Waals surface area contributed by atoms with Crippen molar-refractivity contribution in [3.8, 4) is 11.4 Å². The molecule has 1 saturated carbocycles. The second-order valence-electron chi connectivity index (χ2n) is 8.38. The zero-order chi connectivity index (χ0) is 23.3. The Kier molecular flexibility index (Phi) is 5.08. The van der Waals surface area contributed by atoms with Crippen molar-refractivity contribution in [3.05, 3.63) is 69.5 Å². The van der Waals surface area contributed by atoms with Crippen LogP contribution < -0.4 is 16.0 Å². The molecule has 170 valence electrons. The molecule has 2 heterocycles. The number of hydrogen-bond acceptors (Lipinski definition) is 6. The molecule has 1 aliphatic rings. The van der Waals surface area contributed by atoms with Crippen molar-refractivity contribution in [3.63, 3.8) is 0 Å². The van der Waals surface area contributed by atoms with Crippen molar-refractivity contribution in [1.82, 2.24) is 14.1 Å². The lowest BCUT2D eigenvalue weighted by atomic mass is 10.1. The molecule has 2 aromatic heterocycles. The van der Waals surface area contributed by atoms with Crippen molar-refractivity contribution in [2.24, 2.45) is 0 Å². The summed E-state index contributed by atoms with van der Waals surface area (Å²) in [5, 5.41) is 0.969. The first-order valence-corrected chi connectivity index (χ1v) is 12.6. The number of hydrogen-bond donors (Lipinski definition) is 0. The number of nitrogens with zero attached hydrogens (tertiary/aromatic N) is 3. The van der Waals surface area contributed by atoms with Gasteiger partial charge in [-0.2, -0.15) is 0 Å². The predicted octanol–water partition coefficient (Wildman–Crippen LogP) is 3.23. The summed E-state index contributed by atoms with van der Waals surface area (Å²) in [7, 11) is -1.96. The molecule has 0 saturated heterocycles. The van der Waals surface area contributed by atoms with E-state index in [0.717, 1.165) is 36.5 Å². The molecule has 2 aromatic carbocycles. The third-order valence-electron chi connectivity index (χ3n) is 6.32. The molecule has 0 radical (unpaired) electrons. The lowest BCUT2D eigenvalue weighted by Crippen LogP contribution is -2.40. The van der Waals surface area contributed by atoms with E-state index in [-0.39, 0.29) is 16.6 Å². The number of aromatic nitrogens is 3. The van der Waals surface area contributed by atoms with Gasteiger partial charge in [-0.05, 0) is 37.1 Å². The summed E-state index contributed by atoms with van der Waals surface area (Å²) in [6.07, 6.45) is 6.20. The Labute approximate surface area is 190 Å². The van der Waals surface area contributed by atoms with Crippen LogP contribution in [0.3, 0.4) is 0 Å². The maximum atomic E-state index is 13.9. The Hall–Kier alpha value is -3.46. The molecule has 0 aliphatic heterocycles. The normalized spacial score (nSPS) is 14.8. The molecule has 0 spiro atoms. The van der Waals surface area contributed by atoms with E-state index < -0.39 is 21.1 Å². The molecule has 1 fully saturated rings. The van der Waals surface area contributed by atoms with Crippen molar-refractivity contribution >= 4 is 31.6 Å². The van der Waals surface area contributed by atoms with E-state index in [1.807, 2.05) is 12.1 Å². The highest BCUT2D eigenvalue weighted by Crippen LogP contribution is 2.34. The van der Waals surface area contributed by atoms with E-state index in [0.29, 0.717) is 27.6 Å². The molecule has 1 aliphatic carbocycles. The summed E-state index contributed by atoms with van der Waals surface area (Å²) >= 11 is 0. The highest BCUT2D eigenvalue weighted by molar-refractivity contribution is 7.90. The Bertz CT molecular complexity index is 1630. The average molecular weight is 466 g/mol. The number of pyridine rings is 1. The number of para-hydroxylation sites is 1. The fraction of sp³-hybridized carbons (Fsp3) is 0.292. The van der Waals surface area contributed by atoms with E-state index in [1.54, 1.807) is 23.8 Å². The lowest BCUT2D eigenvalue weighted by Gasteiger charge is -2.20.